The smallest absolute Gasteiger partial charge is 0.238 e. The van der Waals surface area contributed by atoms with E-state index in [1.165, 1.54) is 24.2 Å². The van der Waals surface area contributed by atoms with Gasteiger partial charge in [0, 0.05) is 39.6 Å². The average molecular weight is 587 g/mol. The van der Waals surface area contributed by atoms with Crippen molar-refractivity contribution in [1.82, 2.24) is 0 Å². The Hall–Kier alpha value is -5.24. The molecule has 0 unspecified atom stereocenters. The average Bonchev–Trinajstić information content (AvgIpc) is 3.29. The number of hydrogen-bond acceptors (Lipinski definition) is 7. The van der Waals surface area contributed by atoms with E-state index in [2.05, 4.69) is 5.32 Å². The van der Waals surface area contributed by atoms with Gasteiger partial charge in [-0.2, -0.15) is 0 Å². The first-order chi connectivity index (χ1) is 21.3. The molecule has 3 aromatic rings. The van der Waals surface area contributed by atoms with E-state index in [4.69, 9.17) is 4.74 Å². The standard InChI is InChI=1S/C36H30N2O6/c1-19-16-30(40)28-18-26-24(31(33(28)34(19)41)27-17-23(44-2)12-15-29(27)39)13-14-25-32(26)36(43)38(35(25)42)22-10-8-21(9-11-22)37-20-6-4-3-5-7-20/h3-13,15-17,25-26,31-32,37,39H,14,18H2,1-2H3/t25-,26+,31+,32-/m0/s1. The van der Waals surface area contributed by atoms with Crippen molar-refractivity contribution in [3.8, 4) is 11.5 Å². The van der Waals surface area contributed by atoms with E-state index < -0.39 is 23.7 Å². The topological polar surface area (TPSA) is 113 Å². The van der Waals surface area contributed by atoms with Crippen molar-refractivity contribution in [3.05, 3.63) is 113 Å². The SMILES string of the molecule is COc1ccc(O)c([C@H]2C3=CC[C@@H]4C(=O)N(c5ccc(Nc6ccccc6)cc5)C(=O)[C@@H]4[C@@H]3CC3=C2C(=O)C(C)=CC3=O)c1. The second kappa shape index (κ2) is 10.5. The summed E-state index contributed by atoms with van der Waals surface area (Å²) >= 11 is 0. The fourth-order valence-corrected chi connectivity index (χ4v) is 7.24. The summed E-state index contributed by atoms with van der Waals surface area (Å²) in [5.74, 6) is -3.23. The lowest BCUT2D eigenvalue weighted by Crippen LogP contribution is -2.39. The highest BCUT2D eigenvalue weighted by molar-refractivity contribution is 6.25. The van der Waals surface area contributed by atoms with Crippen LogP contribution in [0.3, 0.4) is 0 Å². The molecule has 0 saturated carbocycles. The molecule has 1 fully saturated rings. The Kier molecular flexibility index (Phi) is 6.57. The second-order valence-electron chi connectivity index (χ2n) is 11.7. The normalized spacial score (nSPS) is 24.4. The molecule has 1 saturated heterocycles. The first-order valence-corrected chi connectivity index (χ1v) is 14.6. The molecule has 0 bridgehead atoms. The van der Waals surface area contributed by atoms with E-state index in [1.807, 2.05) is 48.5 Å². The number of fused-ring (bicyclic) bond motifs is 3. The molecule has 1 heterocycles. The molecule has 2 amide bonds. The van der Waals surface area contributed by atoms with E-state index in [9.17, 15) is 24.3 Å². The number of imide groups is 1. The minimum Gasteiger partial charge on any atom is -0.508 e. The number of benzene rings is 3. The summed E-state index contributed by atoms with van der Waals surface area (Å²) in [7, 11) is 1.51. The van der Waals surface area contributed by atoms with Gasteiger partial charge < -0.3 is 15.2 Å². The number of allylic oxidation sites excluding steroid dienone is 6. The van der Waals surface area contributed by atoms with Crippen LogP contribution >= 0.6 is 0 Å². The number of carbonyl (C=O) groups excluding carboxylic acids is 4. The Morgan fingerprint density at radius 1 is 0.886 bits per heavy atom. The number of rotatable bonds is 5. The van der Waals surface area contributed by atoms with Crippen LogP contribution in [0.25, 0.3) is 0 Å². The van der Waals surface area contributed by atoms with Crippen LogP contribution in [0.4, 0.5) is 17.1 Å². The molecule has 0 aromatic heterocycles. The lowest BCUT2D eigenvalue weighted by Gasteiger charge is -2.42. The lowest BCUT2D eigenvalue weighted by atomic mass is 9.59. The molecule has 4 aliphatic rings. The monoisotopic (exact) mass is 586 g/mol. The van der Waals surface area contributed by atoms with Gasteiger partial charge in [-0.3, -0.25) is 24.1 Å². The molecule has 1 aliphatic heterocycles. The number of nitrogens with zero attached hydrogens (tertiary/aromatic N) is 1. The Morgan fingerprint density at radius 2 is 1.61 bits per heavy atom. The summed E-state index contributed by atoms with van der Waals surface area (Å²) in [5.41, 5.74) is 4.41. The van der Waals surface area contributed by atoms with Gasteiger partial charge >= 0.3 is 0 Å². The number of amides is 2. The molecule has 8 heteroatoms. The minimum absolute atomic E-state index is 0.0431. The number of para-hydroxylation sites is 1. The molecule has 3 aliphatic carbocycles. The van der Waals surface area contributed by atoms with Crippen LogP contribution in [0.1, 0.15) is 31.2 Å². The number of ether oxygens (including phenoxy) is 1. The fourth-order valence-electron chi connectivity index (χ4n) is 7.24. The number of phenols is 1. The van der Waals surface area contributed by atoms with Crippen LogP contribution in [0.5, 0.6) is 11.5 Å². The fraction of sp³-hybridized carbons (Fsp3) is 0.222. The van der Waals surface area contributed by atoms with Crippen molar-refractivity contribution < 1.29 is 29.0 Å². The Balaban J connectivity index is 1.26. The number of phenolic OH excluding ortho intramolecular Hbond substituents is 1. The summed E-state index contributed by atoms with van der Waals surface area (Å²) in [4.78, 5) is 56.2. The maximum absolute atomic E-state index is 14.2. The van der Waals surface area contributed by atoms with Gasteiger partial charge in [0.05, 0.1) is 24.6 Å². The highest BCUT2D eigenvalue weighted by atomic mass is 16.5. The number of ketones is 2. The molecule has 3 aromatic carbocycles. The molecule has 7 rings (SSSR count). The van der Waals surface area contributed by atoms with Gasteiger partial charge in [-0.25, -0.2) is 0 Å². The van der Waals surface area contributed by atoms with E-state index >= 15 is 0 Å². The number of carbonyl (C=O) groups is 4. The summed E-state index contributed by atoms with van der Waals surface area (Å²) in [5, 5.41) is 14.3. The second-order valence-corrected chi connectivity index (χ2v) is 11.7. The molecule has 8 nitrogen and oxygen atoms in total. The number of methoxy groups -OCH3 is 1. The van der Waals surface area contributed by atoms with Crippen molar-refractivity contribution >= 4 is 40.4 Å². The Labute approximate surface area is 254 Å². The third kappa shape index (κ3) is 4.28. The minimum atomic E-state index is -0.750. The molecular formula is C36H30N2O6. The highest BCUT2D eigenvalue weighted by Gasteiger charge is 2.56. The molecule has 44 heavy (non-hydrogen) atoms. The van der Waals surface area contributed by atoms with Gasteiger partial charge in [0.1, 0.15) is 11.5 Å². The Bertz CT molecular complexity index is 1840. The van der Waals surface area contributed by atoms with Gasteiger partial charge in [-0.15, -0.1) is 0 Å². The van der Waals surface area contributed by atoms with E-state index in [0.29, 0.717) is 40.1 Å². The largest absolute Gasteiger partial charge is 0.508 e. The lowest BCUT2D eigenvalue weighted by molar-refractivity contribution is -0.123. The third-order valence-electron chi connectivity index (χ3n) is 9.30. The zero-order valence-electron chi connectivity index (χ0n) is 24.2. The predicted molar refractivity (Wildman–Crippen MR) is 165 cm³/mol. The van der Waals surface area contributed by atoms with Crippen molar-refractivity contribution in [1.29, 1.82) is 0 Å². The first-order valence-electron chi connectivity index (χ1n) is 14.6. The molecule has 220 valence electrons. The van der Waals surface area contributed by atoms with Gasteiger partial charge in [-0.1, -0.05) is 29.8 Å². The van der Waals surface area contributed by atoms with Crippen LogP contribution in [0, 0.1) is 17.8 Å². The summed E-state index contributed by atoms with van der Waals surface area (Å²) in [6.07, 6.45) is 3.76. The number of anilines is 3. The van der Waals surface area contributed by atoms with Gasteiger partial charge in [0.15, 0.2) is 11.6 Å². The van der Waals surface area contributed by atoms with Gasteiger partial charge in [-0.05, 0) is 86.4 Å². The van der Waals surface area contributed by atoms with Crippen molar-refractivity contribution in [2.24, 2.45) is 17.8 Å². The quantitative estimate of drug-likeness (QED) is 0.221. The van der Waals surface area contributed by atoms with E-state index in [-0.39, 0.29) is 35.6 Å². The van der Waals surface area contributed by atoms with Crippen LogP contribution < -0.4 is 15.0 Å². The predicted octanol–water partition coefficient (Wildman–Crippen LogP) is 5.78. The maximum atomic E-state index is 14.2. The molecule has 0 spiro atoms. The van der Waals surface area contributed by atoms with E-state index in [0.717, 1.165) is 16.9 Å². The Morgan fingerprint density at radius 3 is 2.34 bits per heavy atom. The zero-order chi connectivity index (χ0) is 30.7. The van der Waals surface area contributed by atoms with Crippen molar-refractivity contribution in [3.63, 3.8) is 0 Å². The van der Waals surface area contributed by atoms with Gasteiger partial charge in [0.2, 0.25) is 11.8 Å². The van der Waals surface area contributed by atoms with E-state index in [1.54, 1.807) is 31.2 Å². The third-order valence-corrected chi connectivity index (χ3v) is 9.30. The number of hydrogen-bond donors (Lipinski definition) is 2. The number of Topliss-reactive ketones (excluding diaryl/α,β-unsaturated/α-hetero) is 1. The van der Waals surface area contributed by atoms with Crippen LogP contribution in [0.15, 0.2) is 107 Å². The zero-order valence-corrected chi connectivity index (χ0v) is 24.2. The summed E-state index contributed by atoms with van der Waals surface area (Å²) < 4.78 is 5.43. The van der Waals surface area contributed by atoms with Crippen molar-refractivity contribution in [2.45, 2.75) is 25.7 Å². The maximum Gasteiger partial charge on any atom is 0.238 e. The number of aromatic hydroxyl groups is 1. The molecule has 2 N–H and O–H groups in total. The van der Waals surface area contributed by atoms with Crippen LogP contribution in [0.2, 0.25) is 0 Å². The molecule has 0 radical (unpaired) electrons. The van der Waals surface area contributed by atoms with Crippen LogP contribution in [-0.4, -0.2) is 35.6 Å². The van der Waals surface area contributed by atoms with Crippen LogP contribution in [-0.2, 0) is 19.2 Å². The summed E-state index contributed by atoms with van der Waals surface area (Å²) in [6, 6.07) is 21.6. The molecular weight excluding hydrogens is 556 g/mol. The summed E-state index contributed by atoms with van der Waals surface area (Å²) in [6.45, 7) is 1.61. The first kappa shape index (κ1) is 27.6. The highest BCUT2D eigenvalue weighted by Crippen LogP contribution is 2.56. The number of nitrogens with one attached hydrogen (secondary N) is 1. The molecule has 4 atom stereocenters. The van der Waals surface area contributed by atoms with Crippen molar-refractivity contribution in [2.75, 3.05) is 17.3 Å². The van der Waals surface area contributed by atoms with Gasteiger partial charge in [0.25, 0.3) is 0 Å².